The van der Waals surface area contributed by atoms with Gasteiger partial charge in [0.05, 0.1) is 10.6 Å². The highest BCUT2D eigenvalue weighted by atomic mass is 35.5. The predicted molar refractivity (Wildman–Crippen MR) is 135 cm³/mol. The van der Waals surface area contributed by atoms with Crippen LogP contribution < -0.4 is 15.5 Å². The molecule has 9 heteroatoms. The van der Waals surface area contributed by atoms with Gasteiger partial charge in [-0.1, -0.05) is 37.0 Å². The number of hydrogen-bond acceptors (Lipinski definition) is 4. The Hall–Kier alpha value is -2.35. The number of hydrogen-bond donors (Lipinski definition) is 2. The first-order chi connectivity index (χ1) is 15.2. The molecule has 170 valence electrons. The Labute approximate surface area is 203 Å². The minimum atomic E-state index is -0.434. The second kappa shape index (κ2) is 11.0. The quantitative estimate of drug-likeness (QED) is 0.586. The fourth-order valence-corrected chi connectivity index (χ4v) is 4.04. The molecule has 1 aliphatic rings. The minimum absolute atomic E-state index is 0.163. The van der Waals surface area contributed by atoms with E-state index in [1.54, 1.807) is 12.1 Å². The molecule has 0 spiro atoms. The third-order valence-corrected chi connectivity index (χ3v) is 5.87. The van der Waals surface area contributed by atoms with Crippen molar-refractivity contribution in [2.24, 2.45) is 5.92 Å². The van der Waals surface area contributed by atoms with Crippen molar-refractivity contribution in [3.63, 3.8) is 0 Å². The highest BCUT2D eigenvalue weighted by Gasteiger charge is 2.21. The lowest BCUT2D eigenvalue weighted by atomic mass is 10.1. The minimum Gasteiger partial charge on any atom is -0.368 e. The van der Waals surface area contributed by atoms with Gasteiger partial charge < -0.3 is 15.1 Å². The molecule has 2 aromatic rings. The molecule has 2 N–H and O–H groups in total. The van der Waals surface area contributed by atoms with Crippen LogP contribution in [0.4, 0.5) is 11.4 Å². The van der Waals surface area contributed by atoms with Crippen LogP contribution in [0.5, 0.6) is 0 Å². The summed E-state index contributed by atoms with van der Waals surface area (Å²) in [6, 6.07) is 12.5. The lowest BCUT2D eigenvalue weighted by Crippen LogP contribution is -2.49. The molecule has 1 aliphatic heterocycles. The first-order valence-corrected chi connectivity index (χ1v) is 11.6. The van der Waals surface area contributed by atoms with Crippen LogP contribution in [0.25, 0.3) is 0 Å². The van der Waals surface area contributed by atoms with E-state index >= 15 is 0 Å². The van der Waals surface area contributed by atoms with E-state index in [2.05, 4.69) is 29.4 Å². The van der Waals surface area contributed by atoms with Crippen LogP contribution in [0.3, 0.4) is 0 Å². The average molecular weight is 493 g/mol. The Balaban J connectivity index is 1.51. The Kier molecular flexibility index (Phi) is 8.34. The van der Waals surface area contributed by atoms with Gasteiger partial charge in [-0.25, -0.2) is 0 Å². The van der Waals surface area contributed by atoms with Gasteiger partial charge in [-0.15, -0.1) is 0 Å². The topological polar surface area (TPSA) is 64.7 Å². The van der Waals surface area contributed by atoms with Crippen molar-refractivity contribution < 1.29 is 9.59 Å². The van der Waals surface area contributed by atoms with E-state index in [1.807, 2.05) is 29.2 Å². The van der Waals surface area contributed by atoms with E-state index in [9.17, 15) is 9.59 Å². The Morgan fingerprint density at radius 3 is 2.31 bits per heavy atom. The summed E-state index contributed by atoms with van der Waals surface area (Å²) in [5, 5.41) is 6.48. The summed E-state index contributed by atoms with van der Waals surface area (Å²) in [6.45, 7) is 7.18. The summed E-state index contributed by atoms with van der Waals surface area (Å²) in [4.78, 5) is 28.8. The molecule has 2 aromatic carbocycles. The van der Waals surface area contributed by atoms with Crippen molar-refractivity contribution >= 4 is 63.7 Å². The molecule has 0 radical (unpaired) electrons. The van der Waals surface area contributed by atoms with E-state index in [4.69, 9.17) is 35.4 Å². The highest BCUT2D eigenvalue weighted by Crippen LogP contribution is 2.22. The molecule has 1 heterocycles. The SMILES string of the molecule is CC(C)CC(=O)N1CCN(c2ccc(NC(=S)NC(=O)c3cc(Cl)ccc3Cl)cc2)CC1. The number of piperazine rings is 1. The zero-order valence-electron chi connectivity index (χ0n) is 18.0. The van der Waals surface area contributed by atoms with E-state index in [1.165, 1.54) is 6.07 Å². The van der Waals surface area contributed by atoms with Crippen LogP contribution in [0.1, 0.15) is 30.6 Å². The lowest BCUT2D eigenvalue weighted by molar-refractivity contribution is -0.132. The smallest absolute Gasteiger partial charge is 0.258 e. The van der Waals surface area contributed by atoms with Crippen molar-refractivity contribution in [1.29, 1.82) is 0 Å². The molecule has 6 nitrogen and oxygen atoms in total. The molecule has 1 saturated heterocycles. The number of carbonyl (C=O) groups excluding carboxylic acids is 2. The Morgan fingerprint density at radius 2 is 1.69 bits per heavy atom. The molecule has 1 fully saturated rings. The van der Waals surface area contributed by atoms with Crippen molar-refractivity contribution in [1.82, 2.24) is 10.2 Å². The third kappa shape index (κ3) is 6.58. The molecule has 2 amide bonds. The maximum absolute atomic E-state index is 12.4. The van der Waals surface area contributed by atoms with Gasteiger partial charge in [0.25, 0.3) is 5.91 Å². The summed E-state index contributed by atoms with van der Waals surface area (Å²) in [5.74, 6) is 0.171. The van der Waals surface area contributed by atoms with Crippen molar-refractivity contribution in [3.05, 3.63) is 58.1 Å². The number of thiocarbonyl (C=S) groups is 1. The zero-order valence-corrected chi connectivity index (χ0v) is 20.4. The normalized spacial score (nSPS) is 13.8. The summed E-state index contributed by atoms with van der Waals surface area (Å²) in [6.07, 6.45) is 0.598. The second-order valence-corrected chi connectivity index (χ2v) is 9.30. The molecule has 0 saturated carbocycles. The summed E-state index contributed by atoms with van der Waals surface area (Å²) < 4.78 is 0. The van der Waals surface area contributed by atoms with Crippen LogP contribution in [-0.4, -0.2) is 48.0 Å². The number of amides is 2. The van der Waals surface area contributed by atoms with Gasteiger partial charge in [-0.05, 0) is 60.6 Å². The van der Waals surface area contributed by atoms with E-state index < -0.39 is 5.91 Å². The number of nitrogens with zero attached hydrogens (tertiary/aromatic N) is 2. The predicted octanol–water partition coefficient (Wildman–Crippen LogP) is 4.81. The van der Waals surface area contributed by atoms with Gasteiger partial charge in [0.2, 0.25) is 5.91 Å². The van der Waals surface area contributed by atoms with Crippen LogP contribution in [0.15, 0.2) is 42.5 Å². The fraction of sp³-hybridized carbons (Fsp3) is 0.348. The summed E-state index contributed by atoms with van der Waals surface area (Å²) in [7, 11) is 0. The third-order valence-electron chi connectivity index (χ3n) is 5.11. The van der Waals surface area contributed by atoms with Crippen molar-refractivity contribution in [2.75, 3.05) is 36.4 Å². The van der Waals surface area contributed by atoms with Crippen LogP contribution in [0.2, 0.25) is 10.0 Å². The Morgan fingerprint density at radius 1 is 1.03 bits per heavy atom. The van der Waals surface area contributed by atoms with Gasteiger partial charge in [-0.2, -0.15) is 0 Å². The largest absolute Gasteiger partial charge is 0.368 e. The molecule has 0 aromatic heterocycles. The van der Waals surface area contributed by atoms with E-state index in [-0.39, 0.29) is 16.6 Å². The van der Waals surface area contributed by atoms with Gasteiger partial charge in [-0.3, -0.25) is 14.9 Å². The van der Waals surface area contributed by atoms with Crippen LogP contribution >= 0.6 is 35.4 Å². The molecular formula is C23H26Cl2N4O2S. The molecule has 32 heavy (non-hydrogen) atoms. The monoisotopic (exact) mass is 492 g/mol. The van der Waals surface area contributed by atoms with E-state index in [0.717, 1.165) is 37.6 Å². The average Bonchev–Trinajstić information content (AvgIpc) is 2.75. The highest BCUT2D eigenvalue weighted by molar-refractivity contribution is 7.80. The standard InChI is InChI=1S/C23H26Cl2N4O2S/c1-15(2)13-21(30)29-11-9-28(10-12-29)18-6-4-17(5-7-18)26-23(32)27-22(31)19-14-16(24)3-8-20(19)25/h3-8,14-15H,9-13H2,1-2H3,(H2,26,27,31,32). The van der Waals surface area contributed by atoms with Crippen molar-refractivity contribution in [3.8, 4) is 0 Å². The number of halogens is 2. The maximum Gasteiger partial charge on any atom is 0.258 e. The molecule has 0 bridgehead atoms. The van der Waals surface area contributed by atoms with Gasteiger partial charge in [0.1, 0.15) is 0 Å². The van der Waals surface area contributed by atoms with Gasteiger partial charge >= 0.3 is 0 Å². The number of rotatable bonds is 5. The number of anilines is 2. The number of nitrogens with one attached hydrogen (secondary N) is 2. The van der Waals surface area contributed by atoms with Crippen molar-refractivity contribution in [2.45, 2.75) is 20.3 Å². The first kappa shape index (κ1) is 24.3. The second-order valence-electron chi connectivity index (χ2n) is 8.05. The maximum atomic E-state index is 12.4. The van der Waals surface area contributed by atoms with E-state index in [0.29, 0.717) is 22.4 Å². The van der Waals surface area contributed by atoms with Crippen LogP contribution in [0, 0.1) is 5.92 Å². The zero-order chi connectivity index (χ0) is 23.3. The summed E-state index contributed by atoms with van der Waals surface area (Å²) >= 11 is 17.3. The fourth-order valence-electron chi connectivity index (χ4n) is 3.45. The first-order valence-electron chi connectivity index (χ1n) is 10.4. The molecule has 3 rings (SSSR count). The van der Waals surface area contributed by atoms with Gasteiger partial charge in [0.15, 0.2) is 5.11 Å². The number of benzene rings is 2. The molecule has 0 unspecified atom stereocenters. The van der Waals surface area contributed by atoms with Gasteiger partial charge in [0, 0.05) is 49.0 Å². The number of carbonyl (C=O) groups is 2. The summed E-state index contributed by atoms with van der Waals surface area (Å²) in [5.41, 5.74) is 2.08. The molecular weight excluding hydrogens is 467 g/mol. The molecule has 0 aliphatic carbocycles. The molecule has 0 atom stereocenters. The Bertz CT molecular complexity index is 990. The van der Waals surface area contributed by atoms with Crippen LogP contribution in [-0.2, 0) is 4.79 Å². The lowest BCUT2D eigenvalue weighted by Gasteiger charge is -2.36.